The Balaban J connectivity index is 2.99. The first-order chi connectivity index (χ1) is 6.19. The molecule has 0 bridgehead atoms. The van der Waals surface area contributed by atoms with E-state index in [2.05, 4.69) is 54.9 Å². The van der Waals surface area contributed by atoms with E-state index >= 15 is 0 Å². The van der Waals surface area contributed by atoms with Crippen LogP contribution >= 0.6 is 15.9 Å². The van der Waals surface area contributed by atoms with Crippen LogP contribution in [0.3, 0.4) is 0 Å². The van der Waals surface area contributed by atoms with E-state index in [0.29, 0.717) is 5.92 Å². The number of hydrogen-bond acceptors (Lipinski definition) is 0. The van der Waals surface area contributed by atoms with Gasteiger partial charge in [0, 0.05) is 4.47 Å². The van der Waals surface area contributed by atoms with Crippen molar-refractivity contribution in [1.29, 1.82) is 0 Å². The minimum Gasteiger partial charge on any atom is -0.0648 e. The average molecular weight is 241 g/mol. The molecule has 0 aromatic heterocycles. The van der Waals surface area contributed by atoms with Gasteiger partial charge in [0.05, 0.1) is 0 Å². The first kappa shape index (κ1) is 10.8. The Morgan fingerprint density at radius 1 is 1.31 bits per heavy atom. The highest BCUT2D eigenvalue weighted by Crippen LogP contribution is 2.24. The van der Waals surface area contributed by atoms with Gasteiger partial charge in [-0.05, 0) is 36.0 Å². The van der Waals surface area contributed by atoms with Crippen LogP contribution in [0.4, 0.5) is 0 Å². The van der Waals surface area contributed by atoms with Gasteiger partial charge in [0.15, 0.2) is 0 Å². The first-order valence-electron chi connectivity index (χ1n) is 4.97. The zero-order valence-corrected chi connectivity index (χ0v) is 10.2. The van der Waals surface area contributed by atoms with Crippen molar-refractivity contribution in [3.8, 4) is 0 Å². The molecule has 0 nitrogen and oxygen atoms in total. The van der Waals surface area contributed by atoms with E-state index in [1.165, 1.54) is 22.0 Å². The molecule has 0 N–H and O–H groups in total. The maximum absolute atomic E-state index is 3.56. The predicted molar refractivity (Wildman–Crippen MR) is 62.2 cm³/mol. The molecule has 0 aliphatic heterocycles. The Bertz CT molecular complexity index is 278. The fourth-order valence-electron chi connectivity index (χ4n) is 1.41. The van der Waals surface area contributed by atoms with E-state index in [1.807, 2.05) is 0 Å². The van der Waals surface area contributed by atoms with Gasteiger partial charge in [-0.25, -0.2) is 0 Å². The molecule has 1 aromatic rings. The van der Waals surface area contributed by atoms with E-state index < -0.39 is 0 Å². The van der Waals surface area contributed by atoms with Gasteiger partial charge in [-0.2, -0.15) is 0 Å². The van der Waals surface area contributed by atoms with Crippen molar-refractivity contribution in [1.82, 2.24) is 0 Å². The van der Waals surface area contributed by atoms with Gasteiger partial charge in [-0.3, -0.25) is 0 Å². The van der Waals surface area contributed by atoms with Crippen molar-refractivity contribution in [3.63, 3.8) is 0 Å². The van der Waals surface area contributed by atoms with Gasteiger partial charge in [0.1, 0.15) is 0 Å². The average Bonchev–Trinajstić information content (AvgIpc) is 2.17. The van der Waals surface area contributed by atoms with Crippen molar-refractivity contribution in [2.24, 2.45) is 0 Å². The van der Waals surface area contributed by atoms with Crippen LogP contribution in [0.2, 0.25) is 0 Å². The monoisotopic (exact) mass is 240 g/mol. The largest absolute Gasteiger partial charge is 0.0648 e. The molecule has 1 rings (SSSR count). The SMILES string of the molecule is CCc1cc(C(C)CC)ccc1Br. The standard InChI is InChI=1S/C12H17Br/c1-4-9(3)11-6-7-12(13)10(5-2)8-11/h6-9H,4-5H2,1-3H3. The highest BCUT2D eigenvalue weighted by Gasteiger charge is 2.04. The van der Waals surface area contributed by atoms with Crippen molar-refractivity contribution in [2.45, 2.75) is 39.5 Å². The quantitative estimate of drug-likeness (QED) is 0.729. The summed E-state index contributed by atoms with van der Waals surface area (Å²) in [6.45, 7) is 6.71. The molecule has 0 spiro atoms. The van der Waals surface area contributed by atoms with Crippen LogP contribution in [0, 0.1) is 0 Å². The summed E-state index contributed by atoms with van der Waals surface area (Å²) in [6.07, 6.45) is 2.32. The maximum atomic E-state index is 3.56. The molecule has 0 radical (unpaired) electrons. The predicted octanol–water partition coefficient (Wildman–Crippen LogP) is 4.53. The maximum Gasteiger partial charge on any atom is 0.0207 e. The summed E-state index contributed by atoms with van der Waals surface area (Å²) in [5.41, 5.74) is 2.88. The second-order valence-corrected chi connectivity index (χ2v) is 4.37. The number of rotatable bonds is 3. The van der Waals surface area contributed by atoms with Crippen LogP contribution in [0.15, 0.2) is 22.7 Å². The molecule has 0 aliphatic rings. The van der Waals surface area contributed by atoms with Crippen LogP contribution in [0.1, 0.15) is 44.2 Å². The van der Waals surface area contributed by atoms with Crippen LogP contribution in [-0.2, 0) is 6.42 Å². The molecule has 13 heavy (non-hydrogen) atoms. The fourth-order valence-corrected chi connectivity index (χ4v) is 1.93. The Labute approximate surface area is 89.5 Å². The van der Waals surface area contributed by atoms with Crippen LogP contribution in [0.5, 0.6) is 0 Å². The Morgan fingerprint density at radius 2 is 2.00 bits per heavy atom. The molecule has 1 heteroatoms. The van der Waals surface area contributed by atoms with Gasteiger partial charge in [0.25, 0.3) is 0 Å². The van der Waals surface area contributed by atoms with Crippen LogP contribution in [0.25, 0.3) is 0 Å². The lowest BCUT2D eigenvalue weighted by Gasteiger charge is -2.11. The minimum atomic E-state index is 0.679. The van der Waals surface area contributed by atoms with E-state index in [-0.39, 0.29) is 0 Å². The molecular formula is C12H17Br. The molecular weight excluding hydrogens is 224 g/mol. The molecule has 0 saturated heterocycles. The lowest BCUT2D eigenvalue weighted by atomic mass is 9.96. The summed E-state index contributed by atoms with van der Waals surface area (Å²) < 4.78 is 1.24. The van der Waals surface area contributed by atoms with Crippen LogP contribution < -0.4 is 0 Å². The van der Waals surface area contributed by atoms with Crippen molar-refractivity contribution in [2.75, 3.05) is 0 Å². The van der Waals surface area contributed by atoms with Crippen molar-refractivity contribution >= 4 is 15.9 Å². The van der Waals surface area contributed by atoms with E-state index in [4.69, 9.17) is 0 Å². The lowest BCUT2D eigenvalue weighted by molar-refractivity contribution is 0.732. The Kier molecular flexibility index (Phi) is 3.98. The fraction of sp³-hybridized carbons (Fsp3) is 0.500. The molecule has 0 aliphatic carbocycles. The van der Waals surface area contributed by atoms with Gasteiger partial charge >= 0.3 is 0 Å². The topological polar surface area (TPSA) is 0 Å². The van der Waals surface area contributed by atoms with Gasteiger partial charge in [-0.1, -0.05) is 48.8 Å². The summed E-state index contributed by atoms with van der Waals surface area (Å²) in [6, 6.07) is 6.70. The van der Waals surface area contributed by atoms with Gasteiger partial charge < -0.3 is 0 Å². The highest BCUT2D eigenvalue weighted by molar-refractivity contribution is 9.10. The molecule has 1 atom stereocenters. The van der Waals surface area contributed by atoms with E-state index in [9.17, 15) is 0 Å². The van der Waals surface area contributed by atoms with Crippen molar-refractivity contribution < 1.29 is 0 Å². The van der Waals surface area contributed by atoms with E-state index in [1.54, 1.807) is 0 Å². The smallest absolute Gasteiger partial charge is 0.0207 e. The number of aryl methyl sites for hydroxylation is 1. The normalized spacial score (nSPS) is 12.9. The number of hydrogen-bond donors (Lipinski definition) is 0. The molecule has 0 fully saturated rings. The number of benzene rings is 1. The third-order valence-corrected chi connectivity index (χ3v) is 3.41. The van der Waals surface area contributed by atoms with Gasteiger partial charge in [-0.15, -0.1) is 0 Å². The van der Waals surface area contributed by atoms with Crippen molar-refractivity contribution in [3.05, 3.63) is 33.8 Å². The second-order valence-electron chi connectivity index (χ2n) is 3.51. The van der Waals surface area contributed by atoms with Gasteiger partial charge in [0.2, 0.25) is 0 Å². The highest BCUT2D eigenvalue weighted by atomic mass is 79.9. The van der Waals surface area contributed by atoms with E-state index in [0.717, 1.165) is 6.42 Å². The second kappa shape index (κ2) is 4.80. The Morgan fingerprint density at radius 3 is 2.54 bits per heavy atom. The Hall–Kier alpha value is -0.300. The summed E-state index contributed by atoms with van der Waals surface area (Å²) in [4.78, 5) is 0. The third-order valence-electron chi connectivity index (χ3n) is 2.63. The summed E-state index contributed by atoms with van der Waals surface area (Å²) in [5.74, 6) is 0.679. The third kappa shape index (κ3) is 2.57. The zero-order chi connectivity index (χ0) is 9.84. The summed E-state index contributed by atoms with van der Waals surface area (Å²) in [5, 5.41) is 0. The summed E-state index contributed by atoms with van der Waals surface area (Å²) in [7, 11) is 0. The molecule has 72 valence electrons. The lowest BCUT2D eigenvalue weighted by Crippen LogP contribution is -1.93. The molecule has 0 heterocycles. The van der Waals surface area contributed by atoms with Crippen LogP contribution in [-0.4, -0.2) is 0 Å². The zero-order valence-electron chi connectivity index (χ0n) is 8.60. The first-order valence-corrected chi connectivity index (χ1v) is 5.76. The summed E-state index contributed by atoms with van der Waals surface area (Å²) >= 11 is 3.56. The molecule has 1 aromatic carbocycles. The molecule has 1 unspecified atom stereocenters. The minimum absolute atomic E-state index is 0.679. The number of halogens is 1. The molecule has 0 amide bonds. The molecule has 0 saturated carbocycles.